The van der Waals surface area contributed by atoms with Gasteiger partial charge in [0.25, 0.3) is 0 Å². The van der Waals surface area contributed by atoms with Crippen LogP contribution in [0.1, 0.15) is 0 Å². The fourth-order valence-electron chi connectivity index (χ4n) is 0.856. The van der Waals surface area contributed by atoms with Gasteiger partial charge in [-0.2, -0.15) is 0 Å². The zero-order valence-electron chi connectivity index (χ0n) is 9.67. The summed E-state index contributed by atoms with van der Waals surface area (Å²) in [5, 5.41) is 0. The van der Waals surface area contributed by atoms with Crippen molar-refractivity contribution in [2.75, 3.05) is 13.4 Å². The molecule has 5 nitrogen and oxygen atoms in total. The maximum Gasteiger partial charge on any atom is 0 e. The molecule has 1 unspecified atom stereocenters. The fourth-order valence-corrected chi connectivity index (χ4v) is 1.56. The molecule has 0 amide bonds. The van der Waals surface area contributed by atoms with E-state index in [4.69, 9.17) is 18.7 Å². The first kappa shape index (κ1) is 25.7. The van der Waals surface area contributed by atoms with Crippen LogP contribution >= 0.6 is 0 Å². The number of para-hydroxylation sites is 1. The Morgan fingerprint density at radius 3 is 1.72 bits per heavy atom. The van der Waals surface area contributed by atoms with Crippen molar-refractivity contribution in [3.8, 4) is 5.75 Å². The average molecular weight is 306 g/mol. The number of benzene rings is 1. The normalized spacial score (nSPS) is 8.00. The molecule has 0 radical (unpaired) electrons. The zero-order chi connectivity index (χ0) is 14.3. The van der Waals surface area contributed by atoms with E-state index in [2.05, 4.69) is 20.0 Å². The monoisotopic (exact) mass is 306 g/mol. The van der Waals surface area contributed by atoms with Crippen LogP contribution in [0.25, 0.3) is 0 Å². The van der Waals surface area contributed by atoms with E-state index in [0.717, 1.165) is 4.90 Å². The van der Waals surface area contributed by atoms with Crippen LogP contribution in [0.3, 0.4) is 0 Å². The molecular formula is C11H10CrO5S. The van der Waals surface area contributed by atoms with E-state index in [0.29, 0.717) is 5.75 Å². The van der Waals surface area contributed by atoms with Gasteiger partial charge in [-0.25, -0.2) is 0 Å². The molecule has 96 valence electrons. The molecule has 0 aromatic heterocycles. The van der Waals surface area contributed by atoms with Crippen LogP contribution in [-0.4, -0.2) is 17.6 Å². The quantitative estimate of drug-likeness (QED) is 0.609. The molecule has 0 aliphatic carbocycles. The molecule has 0 bridgehead atoms. The SMILES string of the molecule is COc1ccccc1S(C)=O.[C-]#[O+].[C-]#[O+].[C-]#[O+].[Cr]. The predicted molar refractivity (Wildman–Crippen MR) is 57.1 cm³/mol. The third kappa shape index (κ3) is 11.4. The van der Waals surface area contributed by atoms with Gasteiger partial charge >= 0.3 is 33.9 Å². The van der Waals surface area contributed by atoms with Crippen molar-refractivity contribution in [2.45, 2.75) is 4.90 Å². The Labute approximate surface area is 119 Å². The third-order valence-corrected chi connectivity index (χ3v) is 2.34. The minimum absolute atomic E-state index is 0. The van der Waals surface area contributed by atoms with Crippen molar-refractivity contribution >= 4 is 10.8 Å². The molecule has 0 saturated heterocycles. The number of methoxy groups -OCH3 is 1. The van der Waals surface area contributed by atoms with Crippen LogP contribution in [0.15, 0.2) is 29.2 Å². The number of rotatable bonds is 2. The molecule has 0 fully saturated rings. The molecule has 0 spiro atoms. The minimum Gasteiger partial charge on any atom is 0 e. The third-order valence-electron chi connectivity index (χ3n) is 1.38. The maximum atomic E-state index is 11.1. The van der Waals surface area contributed by atoms with Gasteiger partial charge in [0, 0.05) is 23.6 Å². The first-order valence-corrected chi connectivity index (χ1v) is 5.39. The van der Waals surface area contributed by atoms with Gasteiger partial charge in [0.1, 0.15) is 5.75 Å². The molecule has 7 heteroatoms. The predicted octanol–water partition coefficient (Wildman–Crippen LogP) is 1.32. The van der Waals surface area contributed by atoms with E-state index in [9.17, 15) is 4.21 Å². The fraction of sp³-hybridized carbons (Fsp3) is 0.182. The van der Waals surface area contributed by atoms with Gasteiger partial charge in [-0.15, -0.1) is 0 Å². The molecule has 1 atom stereocenters. The van der Waals surface area contributed by atoms with Crippen molar-refractivity contribution in [1.82, 2.24) is 0 Å². The second-order valence-corrected chi connectivity index (χ2v) is 3.45. The van der Waals surface area contributed by atoms with Crippen molar-refractivity contribution in [2.24, 2.45) is 0 Å². The second-order valence-electron chi connectivity index (χ2n) is 2.10. The summed E-state index contributed by atoms with van der Waals surface area (Å²) in [4.78, 5) is 0.745. The Kier molecular flexibility index (Phi) is 30.3. The van der Waals surface area contributed by atoms with Crippen LogP contribution in [0, 0.1) is 20.0 Å². The molecule has 0 saturated carbocycles. The van der Waals surface area contributed by atoms with Gasteiger partial charge in [0.05, 0.1) is 22.8 Å². The van der Waals surface area contributed by atoms with Gasteiger partial charge in [-0.3, -0.25) is 4.21 Å². The van der Waals surface area contributed by atoms with E-state index in [1.165, 1.54) is 0 Å². The van der Waals surface area contributed by atoms with Crippen molar-refractivity contribution in [3.05, 3.63) is 44.2 Å². The summed E-state index contributed by atoms with van der Waals surface area (Å²) in [6.07, 6.45) is 1.64. The van der Waals surface area contributed by atoms with E-state index in [1.54, 1.807) is 25.5 Å². The largest absolute Gasteiger partial charge is 0 e. The maximum absolute atomic E-state index is 11.1. The van der Waals surface area contributed by atoms with E-state index >= 15 is 0 Å². The van der Waals surface area contributed by atoms with Crippen LogP contribution < -0.4 is 4.74 Å². The Hall–Kier alpha value is -1.08. The number of hydrogen-bond donors (Lipinski definition) is 0. The van der Waals surface area contributed by atoms with Crippen LogP contribution in [0.4, 0.5) is 0 Å². The molecule has 1 aromatic rings. The Bertz CT molecular complexity index is 372. The summed E-state index contributed by atoms with van der Waals surface area (Å²) in [6.45, 7) is 13.5. The van der Waals surface area contributed by atoms with Crippen LogP contribution in [-0.2, 0) is 42.1 Å². The second kappa shape index (κ2) is 21.2. The summed E-state index contributed by atoms with van der Waals surface area (Å²) in [5.74, 6) is 0.688. The van der Waals surface area contributed by atoms with Gasteiger partial charge in [0.2, 0.25) is 0 Å². The average Bonchev–Trinajstić information content (AvgIpc) is 2.45. The molecule has 1 rings (SSSR count). The molecule has 1 aromatic carbocycles. The molecule has 18 heavy (non-hydrogen) atoms. The summed E-state index contributed by atoms with van der Waals surface area (Å²) < 4.78 is 38.6. The van der Waals surface area contributed by atoms with E-state index in [1.807, 2.05) is 12.1 Å². The van der Waals surface area contributed by atoms with Crippen molar-refractivity contribution in [3.63, 3.8) is 0 Å². The van der Waals surface area contributed by atoms with Crippen LogP contribution in [0.5, 0.6) is 5.75 Å². The first-order valence-electron chi connectivity index (χ1n) is 3.83. The summed E-state index contributed by atoms with van der Waals surface area (Å²) in [7, 11) is 0.610. The Balaban J connectivity index is -0.000000123. The molecular weight excluding hydrogens is 296 g/mol. The van der Waals surface area contributed by atoms with Crippen molar-refractivity contribution in [1.29, 1.82) is 0 Å². The number of ether oxygens (including phenoxy) is 1. The van der Waals surface area contributed by atoms with Crippen LogP contribution in [0.2, 0.25) is 0 Å². The summed E-state index contributed by atoms with van der Waals surface area (Å²) in [5.41, 5.74) is 0. The molecule has 0 aliphatic heterocycles. The Morgan fingerprint density at radius 1 is 1.06 bits per heavy atom. The van der Waals surface area contributed by atoms with E-state index < -0.39 is 10.8 Å². The zero-order valence-corrected chi connectivity index (χ0v) is 11.8. The van der Waals surface area contributed by atoms with Gasteiger partial charge in [0.15, 0.2) is 0 Å². The van der Waals surface area contributed by atoms with Gasteiger partial charge < -0.3 is 4.74 Å². The first-order chi connectivity index (χ1) is 8.25. The molecule has 0 aliphatic rings. The standard InChI is InChI=1S/C8H10O2S.3CO.Cr/c1-10-7-5-3-4-6-8(7)11(2)9;3*1-2;/h3-6H,1-2H3;;;;. The molecule has 0 heterocycles. The number of hydrogen-bond acceptors (Lipinski definition) is 2. The molecule has 0 N–H and O–H groups in total. The smallest absolute Gasteiger partial charge is 0 e. The van der Waals surface area contributed by atoms with Gasteiger partial charge in [-0.05, 0) is 12.1 Å². The van der Waals surface area contributed by atoms with E-state index in [-0.39, 0.29) is 17.4 Å². The minimum atomic E-state index is -0.965. The van der Waals surface area contributed by atoms with Gasteiger partial charge in [-0.1, -0.05) is 12.1 Å². The van der Waals surface area contributed by atoms with Crippen molar-refractivity contribution < 1.29 is 40.3 Å². The summed E-state index contributed by atoms with van der Waals surface area (Å²) in [6, 6.07) is 7.31. The topological polar surface area (TPSA) is 86.0 Å². The summed E-state index contributed by atoms with van der Waals surface area (Å²) >= 11 is 0. The Morgan fingerprint density at radius 2 is 1.44 bits per heavy atom.